The second-order valence-electron chi connectivity index (χ2n) is 10.7. The Morgan fingerprint density at radius 1 is 0.947 bits per heavy atom. The van der Waals surface area contributed by atoms with Gasteiger partial charge in [0.25, 0.3) is 0 Å². The second-order valence-corrected chi connectivity index (χ2v) is 10.7. The van der Waals surface area contributed by atoms with Crippen LogP contribution in [-0.4, -0.2) is 63.3 Å². The highest BCUT2D eigenvalue weighted by Crippen LogP contribution is 2.31. The van der Waals surface area contributed by atoms with Gasteiger partial charge in [0.15, 0.2) is 11.5 Å². The van der Waals surface area contributed by atoms with E-state index < -0.39 is 0 Å². The van der Waals surface area contributed by atoms with Gasteiger partial charge in [0.05, 0.1) is 32.2 Å². The molecule has 1 aliphatic carbocycles. The lowest BCUT2D eigenvalue weighted by Gasteiger charge is -2.36. The normalized spacial score (nSPS) is 23.1. The number of aryl methyl sites for hydroxylation is 2. The third kappa shape index (κ3) is 6.30. The summed E-state index contributed by atoms with van der Waals surface area (Å²) in [6, 6.07) is 12.1. The summed E-state index contributed by atoms with van der Waals surface area (Å²) >= 11 is 0. The van der Waals surface area contributed by atoms with Gasteiger partial charge in [-0.15, -0.1) is 0 Å². The Kier molecular flexibility index (Phi) is 8.49. The van der Waals surface area contributed by atoms with Crippen molar-refractivity contribution in [3.63, 3.8) is 0 Å². The number of benzene rings is 2. The van der Waals surface area contributed by atoms with Gasteiger partial charge in [0.2, 0.25) is 11.8 Å². The Bertz CT molecular complexity index is 1150. The molecule has 5 rings (SSSR count). The predicted octanol–water partition coefficient (Wildman–Crippen LogP) is 3.56. The zero-order chi connectivity index (χ0) is 26.5. The molecular weight excluding hydrogens is 482 g/mol. The van der Waals surface area contributed by atoms with E-state index in [0.717, 1.165) is 43.5 Å². The molecule has 0 saturated carbocycles. The van der Waals surface area contributed by atoms with E-state index in [2.05, 4.69) is 27.7 Å². The van der Waals surface area contributed by atoms with E-state index in [4.69, 9.17) is 14.2 Å². The number of likely N-dealkylation sites (tertiary alicyclic amines) is 1. The van der Waals surface area contributed by atoms with E-state index in [1.807, 2.05) is 24.3 Å². The first-order valence-corrected chi connectivity index (χ1v) is 13.8. The highest BCUT2D eigenvalue weighted by Gasteiger charge is 2.35. The van der Waals surface area contributed by atoms with Gasteiger partial charge in [0.1, 0.15) is 0 Å². The molecule has 1 unspecified atom stereocenters. The van der Waals surface area contributed by atoms with Crippen molar-refractivity contribution >= 4 is 17.5 Å². The van der Waals surface area contributed by atoms with Gasteiger partial charge in [0, 0.05) is 38.5 Å². The lowest BCUT2D eigenvalue weighted by Crippen LogP contribution is -2.49. The minimum Gasteiger partial charge on any atom is -0.493 e. The first kappa shape index (κ1) is 26.5. The number of carbonyl (C=O) groups excluding carboxylic acids is 2. The molecule has 8 nitrogen and oxygen atoms in total. The molecule has 0 spiro atoms. The van der Waals surface area contributed by atoms with Crippen LogP contribution in [0.2, 0.25) is 0 Å². The first-order valence-electron chi connectivity index (χ1n) is 13.8. The second kappa shape index (κ2) is 12.2. The Balaban J connectivity index is 1.29. The van der Waals surface area contributed by atoms with Crippen molar-refractivity contribution in [2.45, 2.75) is 51.2 Å². The Labute approximate surface area is 225 Å². The summed E-state index contributed by atoms with van der Waals surface area (Å²) in [6.45, 7) is 3.07. The highest BCUT2D eigenvalue weighted by atomic mass is 16.5. The third-order valence-corrected chi connectivity index (χ3v) is 8.02. The molecule has 204 valence electrons. The molecule has 8 heteroatoms. The predicted molar refractivity (Wildman–Crippen MR) is 146 cm³/mol. The Morgan fingerprint density at radius 3 is 2.50 bits per heavy atom. The van der Waals surface area contributed by atoms with E-state index in [1.165, 1.54) is 17.5 Å². The van der Waals surface area contributed by atoms with Crippen LogP contribution in [-0.2, 0) is 33.7 Å². The maximum atomic E-state index is 13.5. The quantitative estimate of drug-likeness (QED) is 0.525. The lowest BCUT2D eigenvalue weighted by molar-refractivity contribution is -0.130. The fourth-order valence-electron chi connectivity index (χ4n) is 5.99. The molecule has 0 bridgehead atoms. The van der Waals surface area contributed by atoms with Gasteiger partial charge in [-0.2, -0.15) is 0 Å². The molecule has 38 heavy (non-hydrogen) atoms. The van der Waals surface area contributed by atoms with Crippen LogP contribution < -0.4 is 20.1 Å². The molecule has 2 fully saturated rings. The SMILES string of the molecule is COc1ccc(CN2C[C@@H](C(=O)NCC3CCCO3)C[C@@H](C(=O)Nc3ccc4c(c3)CCC4)C2)cc1OC. The van der Waals surface area contributed by atoms with Crippen LogP contribution in [0.4, 0.5) is 5.69 Å². The van der Waals surface area contributed by atoms with Gasteiger partial charge in [-0.1, -0.05) is 12.1 Å². The van der Waals surface area contributed by atoms with Crippen LogP contribution in [0.3, 0.4) is 0 Å². The molecule has 2 aromatic carbocycles. The van der Waals surface area contributed by atoms with Crippen molar-refractivity contribution in [2.75, 3.05) is 45.8 Å². The summed E-state index contributed by atoms with van der Waals surface area (Å²) in [7, 11) is 3.24. The molecule has 3 aliphatic rings. The van der Waals surface area contributed by atoms with E-state index in [-0.39, 0.29) is 29.8 Å². The maximum Gasteiger partial charge on any atom is 0.228 e. The monoisotopic (exact) mass is 521 g/mol. The van der Waals surface area contributed by atoms with Crippen LogP contribution in [0.15, 0.2) is 36.4 Å². The number of carbonyl (C=O) groups is 2. The van der Waals surface area contributed by atoms with Gasteiger partial charge in [-0.25, -0.2) is 0 Å². The number of fused-ring (bicyclic) bond motifs is 1. The van der Waals surface area contributed by atoms with Crippen LogP contribution in [0.25, 0.3) is 0 Å². The molecule has 3 atom stereocenters. The van der Waals surface area contributed by atoms with Crippen molar-refractivity contribution in [2.24, 2.45) is 11.8 Å². The van der Waals surface area contributed by atoms with E-state index >= 15 is 0 Å². The summed E-state index contributed by atoms with van der Waals surface area (Å²) in [4.78, 5) is 28.9. The average molecular weight is 522 g/mol. The van der Waals surface area contributed by atoms with Crippen LogP contribution >= 0.6 is 0 Å². The Hall–Kier alpha value is -3.10. The molecule has 0 aromatic heterocycles. The topological polar surface area (TPSA) is 89.1 Å². The van der Waals surface area contributed by atoms with Crippen LogP contribution in [0.5, 0.6) is 11.5 Å². The van der Waals surface area contributed by atoms with E-state index in [9.17, 15) is 9.59 Å². The number of methoxy groups -OCH3 is 2. The molecule has 2 N–H and O–H groups in total. The van der Waals surface area contributed by atoms with Crippen molar-refractivity contribution in [1.29, 1.82) is 0 Å². The summed E-state index contributed by atoms with van der Waals surface area (Å²) in [6.07, 6.45) is 5.97. The molecule has 2 aliphatic heterocycles. The smallest absolute Gasteiger partial charge is 0.228 e. The molecule has 2 heterocycles. The number of rotatable bonds is 9. The van der Waals surface area contributed by atoms with Crippen LogP contribution in [0, 0.1) is 11.8 Å². The molecule has 2 aromatic rings. The summed E-state index contributed by atoms with van der Waals surface area (Å²) in [5.74, 6) is 0.730. The van der Waals surface area contributed by atoms with Crippen molar-refractivity contribution in [3.05, 3.63) is 53.1 Å². The molecule has 2 saturated heterocycles. The summed E-state index contributed by atoms with van der Waals surface area (Å²) < 4.78 is 16.5. The number of nitrogens with zero attached hydrogens (tertiary/aromatic N) is 1. The van der Waals surface area contributed by atoms with Gasteiger partial charge < -0.3 is 24.8 Å². The van der Waals surface area contributed by atoms with Gasteiger partial charge in [-0.3, -0.25) is 14.5 Å². The minimum atomic E-state index is -0.296. The number of nitrogens with one attached hydrogen (secondary N) is 2. The van der Waals surface area contributed by atoms with E-state index in [1.54, 1.807) is 14.2 Å². The average Bonchev–Trinajstić information content (AvgIpc) is 3.63. The van der Waals surface area contributed by atoms with Crippen molar-refractivity contribution in [3.8, 4) is 11.5 Å². The summed E-state index contributed by atoms with van der Waals surface area (Å²) in [5, 5.41) is 6.23. The largest absolute Gasteiger partial charge is 0.493 e. The number of hydrogen-bond donors (Lipinski definition) is 2. The van der Waals surface area contributed by atoms with Gasteiger partial charge in [-0.05, 0) is 79.5 Å². The van der Waals surface area contributed by atoms with Crippen molar-refractivity contribution < 1.29 is 23.8 Å². The standard InChI is InChI=1S/C30H39N3O5/c1-36-27-11-8-20(13-28(27)37-2)17-33-18-23(29(34)31-16-26-7-4-12-38-26)14-24(19-33)30(35)32-25-10-9-21-5-3-6-22(21)15-25/h8-11,13,15,23-24,26H,3-7,12,14,16-19H2,1-2H3,(H,31,34)(H,32,35)/t23-,24+,26?/m0/s1. The molecule has 0 radical (unpaired) electrons. The van der Waals surface area contributed by atoms with Crippen LogP contribution in [0.1, 0.15) is 42.4 Å². The highest BCUT2D eigenvalue weighted by molar-refractivity contribution is 5.93. The third-order valence-electron chi connectivity index (χ3n) is 8.02. The number of hydrogen-bond acceptors (Lipinski definition) is 6. The first-order chi connectivity index (χ1) is 18.5. The minimum absolute atomic E-state index is 0.00663. The number of piperidine rings is 1. The summed E-state index contributed by atoms with van der Waals surface area (Å²) in [5.41, 5.74) is 4.59. The number of amides is 2. The zero-order valence-corrected chi connectivity index (χ0v) is 22.5. The lowest BCUT2D eigenvalue weighted by atomic mass is 9.87. The fourth-order valence-corrected chi connectivity index (χ4v) is 5.99. The fraction of sp³-hybridized carbons (Fsp3) is 0.533. The maximum absolute atomic E-state index is 13.5. The molecular formula is C30H39N3O5. The number of ether oxygens (including phenoxy) is 3. The van der Waals surface area contributed by atoms with E-state index in [0.29, 0.717) is 44.1 Å². The Morgan fingerprint density at radius 2 is 1.74 bits per heavy atom. The number of anilines is 1. The molecule has 2 amide bonds. The van der Waals surface area contributed by atoms with Crippen molar-refractivity contribution in [1.82, 2.24) is 10.2 Å². The van der Waals surface area contributed by atoms with Gasteiger partial charge >= 0.3 is 0 Å². The zero-order valence-electron chi connectivity index (χ0n) is 22.5.